The van der Waals surface area contributed by atoms with E-state index in [4.69, 9.17) is 17.3 Å². The molecule has 0 saturated heterocycles. The summed E-state index contributed by atoms with van der Waals surface area (Å²) < 4.78 is 0. The molecule has 1 aromatic carbocycles. The first-order valence-corrected chi connectivity index (χ1v) is 5.27. The van der Waals surface area contributed by atoms with Crippen molar-refractivity contribution in [3.05, 3.63) is 28.8 Å². The van der Waals surface area contributed by atoms with Crippen LogP contribution in [0.5, 0.6) is 5.75 Å². The number of rotatable bonds is 1. The fourth-order valence-corrected chi connectivity index (χ4v) is 2.23. The average Bonchev–Trinajstić information content (AvgIpc) is 2.58. The second-order valence-corrected chi connectivity index (χ2v) is 4.44. The van der Waals surface area contributed by atoms with Gasteiger partial charge in [-0.2, -0.15) is 0 Å². The third-order valence-corrected chi connectivity index (χ3v) is 3.34. The first-order valence-electron chi connectivity index (χ1n) is 4.90. The van der Waals surface area contributed by atoms with Gasteiger partial charge >= 0.3 is 0 Å². The van der Waals surface area contributed by atoms with Crippen LogP contribution in [-0.2, 0) is 5.54 Å². The lowest BCUT2D eigenvalue weighted by molar-refractivity contribution is 0.447. The summed E-state index contributed by atoms with van der Waals surface area (Å²) in [5, 5.41) is 9.87. The molecule has 0 aliphatic heterocycles. The van der Waals surface area contributed by atoms with Gasteiger partial charge < -0.3 is 10.8 Å². The van der Waals surface area contributed by atoms with Gasteiger partial charge in [0.1, 0.15) is 5.75 Å². The van der Waals surface area contributed by atoms with E-state index >= 15 is 0 Å². The molecule has 0 aromatic heterocycles. The van der Waals surface area contributed by atoms with E-state index in [1.54, 1.807) is 12.1 Å². The van der Waals surface area contributed by atoms with E-state index in [2.05, 4.69) is 0 Å². The van der Waals surface area contributed by atoms with Gasteiger partial charge in [0.2, 0.25) is 0 Å². The van der Waals surface area contributed by atoms with E-state index < -0.39 is 0 Å². The normalized spacial score (nSPS) is 19.9. The van der Waals surface area contributed by atoms with Gasteiger partial charge in [-0.25, -0.2) is 0 Å². The van der Waals surface area contributed by atoms with Crippen molar-refractivity contribution >= 4 is 11.6 Å². The minimum Gasteiger partial charge on any atom is -0.506 e. The number of hydrogen-bond acceptors (Lipinski definition) is 2. The minimum absolute atomic E-state index is 0.126. The standard InChI is InChI=1S/C11H14ClNO/c12-9-4-3-8(7-10(9)14)11(13)5-1-2-6-11/h3-4,7,14H,1-2,5-6,13H2. The van der Waals surface area contributed by atoms with Crippen molar-refractivity contribution in [2.45, 2.75) is 31.2 Å². The number of phenols is 1. The summed E-state index contributed by atoms with van der Waals surface area (Å²) >= 11 is 5.74. The van der Waals surface area contributed by atoms with Gasteiger partial charge in [0.05, 0.1) is 5.02 Å². The van der Waals surface area contributed by atoms with E-state index in [1.165, 1.54) is 12.8 Å². The summed E-state index contributed by atoms with van der Waals surface area (Å²) in [6.07, 6.45) is 4.32. The molecule has 3 heteroatoms. The predicted octanol–water partition coefficient (Wildman–Crippen LogP) is 2.77. The Morgan fingerprint density at radius 3 is 2.50 bits per heavy atom. The zero-order chi connectivity index (χ0) is 10.2. The van der Waals surface area contributed by atoms with Gasteiger partial charge in [-0.05, 0) is 30.5 Å². The second-order valence-electron chi connectivity index (χ2n) is 4.03. The Hall–Kier alpha value is -0.730. The van der Waals surface area contributed by atoms with E-state index in [9.17, 15) is 5.11 Å². The van der Waals surface area contributed by atoms with Crippen molar-refractivity contribution in [1.82, 2.24) is 0 Å². The summed E-state index contributed by atoms with van der Waals surface area (Å²) in [7, 11) is 0. The number of halogens is 1. The summed E-state index contributed by atoms with van der Waals surface area (Å²) in [5.41, 5.74) is 6.99. The highest BCUT2D eigenvalue weighted by Crippen LogP contribution is 2.38. The zero-order valence-corrected chi connectivity index (χ0v) is 8.72. The van der Waals surface area contributed by atoms with Gasteiger partial charge in [0.25, 0.3) is 0 Å². The van der Waals surface area contributed by atoms with E-state index in [0.717, 1.165) is 18.4 Å². The van der Waals surface area contributed by atoms with Crippen LogP contribution in [0.25, 0.3) is 0 Å². The fraction of sp³-hybridized carbons (Fsp3) is 0.455. The Bertz CT molecular complexity index is 345. The molecule has 0 spiro atoms. The Kier molecular flexibility index (Phi) is 2.41. The quantitative estimate of drug-likeness (QED) is 0.751. The molecule has 0 amide bonds. The van der Waals surface area contributed by atoms with Crippen LogP contribution in [0.2, 0.25) is 5.02 Å². The molecular formula is C11H14ClNO. The molecule has 1 aliphatic rings. The summed E-state index contributed by atoms with van der Waals surface area (Å²) in [5.74, 6) is 0.126. The highest BCUT2D eigenvalue weighted by molar-refractivity contribution is 6.32. The second kappa shape index (κ2) is 3.44. The Labute approximate surface area is 88.7 Å². The highest BCUT2D eigenvalue weighted by Gasteiger charge is 2.31. The molecule has 0 radical (unpaired) electrons. The van der Waals surface area contributed by atoms with Gasteiger partial charge in [-0.1, -0.05) is 30.5 Å². The van der Waals surface area contributed by atoms with Gasteiger partial charge in [0.15, 0.2) is 0 Å². The number of phenolic OH excluding ortho intramolecular Hbond substituents is 1. The van der Waals surface area contributed by atoms with Crippen LogP contribution in [0, 0.1) is 0 Å². The summed E-state index contributed by atoms with van der Waals surface area (Å²) in [6.45, 7) is 0. The van der Waals surface area contributed by atoms with E-state index in [0.29, 0.717) is 5.02 Å². The lowest BCUT2D eigenvalue weighted by atomic mass is 9.89. The van der Waals surface area contributed by atoms with Crippen LogP contribution in [0.4, 0.5) is 0 Å². The van der Waals surface area contributed by atoms with Crippen LogP contribution in [0.3, 0.4) is 0 Å². The first kappa shape index (κ1) is 9.81. The fourth-order valence-electron chi connectivity index (χ4n) is 2.12. The van der Waals surface area contributed by atoms with Crippen molar-refractivity contribution in [2.75, 3.05) is 0 Å². The van der Waals surface area contributed by atoms with Crippen molar-refractivity contribution in [3.63, 3.8) is 0 Å². The molecule has 76 valence electrons. The van der Waals surface area contributed by atoms with E-state index in [1.807, 2.05) is 6.07 Å². The number of benzene rings is 1. The molecule has 0 heterocycles. The maximum Gasteiger partial charge on any atom is 0.134 e. The topological polar surface area (TPSA) is 46.2 Å². The first-order chi connectivity index (χ1) is 6.62. The van der Waals surface area contributed by atoms with Crippen molar-refractivity contribution in [1.29, 1.82) is 0 Å². The van der Waals surface area contributed by atoms with Crippen molar-refractivity contribution < 1.29 is 5.11 Å². The van der Waals surface area contributed by atoms with Crippen LogP contribution < -0.4 is 5.73 Å². The van der Waals surface area contributed by atoms with Gasteiger partial charge in [-0.3, -0.25) is 0 Å². The molecule has 2 rings (SSSR count). The van der Waals surface area contributed by atoms with Crippen molar-refractivity contribution in [3.8, 4) is 5.75 Å². The van der Waals surface area contributed by atoms with Gasteiger partial charge in [0, 0.05) is 5.54 Å². The molecule has 1 aliphatic carbocycles. The molecule has 2 nitrogen and oxygen atoms in total. The van der Waals surface area contributed by atoms with Gasteiger partial charge in [-0.15, -0.1) is 0 Å². The molecule has 0 bridgehead atoms. The molecule has 1 fully saturated rings. The molecule has 1 aromatic rings. The minimum atomic E-state index is -0.248. The Morgan fingerprint density at radius 2 is 1.93 bits per heavy atom. The molecule has 1 saturated carbocycles. The van der Waals surface area contributed by atoms with Crippen LogP contribution in [0.15, 0.2) is 18.2 Å². The Balaban J connectivity index is 2.36. The van der Waals surface area contributed by atoms with Crippen LogP contribution >= 0.6 is 11.6 Å². The third-order valence-electron chi connectivity index (χ3n) is 3.02. The lowest BCUT2D eigenvalue weighted by Crippen LogP contribution is -2.32. The largest absolute Gasteiger partial charge is 0.506 e. The predicted molar refractivity (Wildman–Crippen MR) is 57.5 cm³/mol. The maximum atomic E-state index is 9.49. The summed E-state index contributed by atoms with van der Waals surface area (Å²) in [4.78, 5) is 0. The summed E-state index contributed by atoms with van der Waals surface area (Å²) in [6, 6.07) is 5.31. The molecular weight excluding hydrogens is 198 g/mol. The smallest absolute Gasteiger partial charge is 0.134 e. The molecule has 14 heavy (non-hydrogen) atoms. The SMILES string of the molecule is NC1(c2ccc(Cl)c(O)c2)CCCC1. The highest BCUT2D eigenvalue weighted by atomic mass is 35.5. The molecule has 3 N–H and O–H groups in total. The average molecular weight is 212 g/mol. The lowest BCUT2D eigenvalue weighted by Gasteiger charge is -2.24. The number of aromatic hydroxyl groups is 1. The van der Waals surface area contributed by atoms with Crippen molar-refractivity contribution in [2.24, 2.45) is 5.73 Å². The zero-order valence-electron chi connectivity index (χ0n) is 7.96. The van der Waals surface area contributed by atoms with Crippen LogP contribution in [-0.4, -0.2) is 5.11 Å². The number of nitrogens with two attached hydrogens (primary N) is 1. The molecule has 0 atom stereocenters. The maximum absolute atomic E-state index is 9.49. The Morgan fingerprint density at radius 1 is 1.29 bits per heavy atom. The molecule has 0 unspecified atom stereocenters. The van der Waals surface area contributed by atoms with E-state index in [-0.39, 0.29) is 11.3 Å². The number of hydrogen-bond donors (Lipinski definition) is 2. The van der Waals surface area contributed by atoms with Crippen LogP contribution in [0.1, 0.15) is 31.2 Å². The monoisotopic (exact) mass is 211 g/mol. The third kappa shape index (κ3) is 1.60.